The van der Waals surface area contributed by atoms with Crippen molar-refractivity contribution < 1.29 is 4.42 Å². The number of rotatable bonds is 5. The molecule has 23 heavy (non-hydrogen) atoms. The Morgan fingerprint density at radius 3 is 2.70 bits per heavy atom. The highest BCUT2D eigenvalue weighted by atomic mass is 16.3. The number of fused-ring (bicyclic) bond motifs is 1. The van der Waals surface area contributed by atoms with Gasteiger partial charge in [-0.15, -0.1) is 0 Å². The quantitative estimate of drug-likeness (QED) is 0.514. The van der Waals surface area contributed by atoms with Gasteiger partial charge in [-0.1, -0.05) is 25.0 Å². The molecule has 2 aliphatic rings. The van der Waals surface area contributed by atoms with Crippen LogP contribution in [0, 0.1) is 11.8 Å². The van der Waals surface area contributed by atoms with E-state index in [9.17, 15) is 0 Å². The largest absolute Gasteiger partial charge is 0.469 e. The minimum atomic E-state index is 0.703. The molecule has 1 aromatic heterocycles. The highest BCUT2D eigenvalue weighted by Gasteiger charge is 2.35. The Hall–Kier alpha value is -1.71. The van der Waals surface area contributed by atoms with Gasteiger partial charge in [0.1, 0.15) is 5.76 Å². The summed E-state index contributed by atoms with van der Waals surface area (Å²) in [5.41, 5.74) is 1.10. The van der Waals surface area contributed by atoms with Crippen molar-refractivity contribution in [1.29, 1.82) is 0 Å². The van der Waals surface area contributed by atoms with Crippen LogP contribution >= 0.6 is 0 Å². The summed E-state index contributed by atoms with van der Waals surface area (Å²) in [6.07, 6.45) is 8.21. The predicted octanol–water partition coefficient (Wildman–Crippen LogP) is 3.47. The lowest BCUT2D eigenvalue weighted by Crippen LogP contribution is -2.41. The lowest BCUT2D eigenvalue weighted by Gasteiger charge is -2.22. The summed E-state index contributed by atoms with van der Waals surface area (Å²) in [4.78, 5) is 7.25. The molecule has 1 aliphatic carbocycles. The number of furan rings is 1. The van der Waals surface area contributed by atoms with Crippen LogP contribution in [0.1, 0.15) is 38.4 Å². The van der Waals surface area contributed by atoms with Crippen LogP contribution in [0.2, 0.25) is 0 Å². The van der Waals surface area contributed by atoms with Crippen LogP contribution in [-0.4, -0.2) is 37.0 Å². The first kappa shape index (κ1) is 16.2. The van der Waals surface area contributed by atoms with E-state index in [4.69, 9.17) is 9.41 Å². The van der Waals surface area contributed by atoms with Crippen LogP contribution in [0.25, 0.3) is 0 Å². The molecule has 1 aromatic rings. The summed E-state index contributed by atoms with van der Waals surface area (Å²) in [7, 11) is 0. The lowest BCUT2D eigenvalue weighted by atomic mass is 9.82. The highest BCUT2D eigenvalue weighted by Crippen LogP contribution is 2.35. The Bertz CT molecular complexity index is 521. The molecule has 0 spiro atoms. The van der Waals surface area contributed by atoms with Crippen molar-refractivity contribution >= 4 is 5.96 Å². The molecule has 0 amide bonds. The molecular weight excluding hydrogens is 286 g/mol. The second kappa shape index (κ2) is 7.71. The minimum Gasteiger partial charge on any atom is -0.469 e. The molecular formula is C19H29N3O. The van der Waals surface area contributed by atoms with E-state index < -0.39 is 0 Å². The van der Waals surface area contributed by atoms with Crippen molar-refractivity contribution in [2.24, 2.45) is 16.8 Å². The Morgan fingerprint density at radius 1 is 1.35 bits per heavy atom. The van der Waals surface area contributed by atoms with Gasteiger partial charge in [-0.05, 0) is 43.7 Å². The van der Waals surface area contributed by atoms with Crippen LogP contribution in [-0.2, 0) is 6.42 Å². The molecule has 1 saturated heterocycles. The minimum absolute atomic E-state index is 0.703. The van der Waals surface area contributed by atoms with Crippen molar-refractivity contribution in [1.82, 2.24) is 10.2 Å². The van der Waals surface area contributed by atoms with Crippen molar-refractivity contribution in [3.05, 3.63) is 36.3 Å². The third kappa shape index (κ3) is 4.40. The van der Waals surface area contributed by atoms with Gasteiger partial charge in [0.05, 0.1) is 12.8 Å². The van der Waals surface area contributed by atoms with Gasteiger partial charge in [-0.2, -0.15) is 0 Å². The van der Waals surface area contributed by atoms with Gasteiger partial charge in [0.25, 0.3) is 0 Å². The first-order valence-corrected chi connectivity index (χ1v) is 8.92. The van der Waals surface area contributed by atoms with Crippen molar-refractivity contribution in [2.75, 3.05) is 26.2 Å². The van der Waals surface area contributed by atoms with Crippen molar-refractivity contribution in [2.45, 2.75) is 39.0 Å². The van der Waals surface area contributed by atoms with E-state index in [1.165, 1.54) is 25.7 Å². The number of aliphatic imine (C=N–C) groups is 1. The SMILES string of the molecule is C=C(C)CN=C(NCCc1ccco1)N1CC2CCCCC2C1. The van der Waals surface area contributed by atoms with Gasteiger partial charge in [-0.3, -0.25) is 0 Å². The van der Waals surface area contributed by atoms with Gasteiger partial charge in [0.15, 0.2) is 5.96 Å². The van der Waals surface area contributed by atoms with Gasteiger partial charge >= 0.3 is 0 Å². The molecule has 2 unspecified atom stereocenters. The second-order valence-corrected chi connectivity index (χ2v) is 7.06. The maximum absolute atomic E-state index is 5.41. The first-order chi connectivity index (χ1) is 11.2. The predicted molar refractivity (Wildman–Crippen MR) is 94.6 cm³/mol. The average Bonchev–Trinajstić information content (AvgIpc) is 3.19. The summed E-state index contributed by atoms with van der Waals surface area (Å²) in [6, 6.07) is 3.97. The van der Waals surface area contributed by atoms with Gasteiger partial charge in [-0.25, -0.2) is 4.99 Å². The number of hydrogen-bond acceptors (Lipinski definition) is 2. The standard InChI is InChI=1S/C19H29N3O/c1-15(2)12-21-19(20-10-9-18-8-5-11-23-18)22-13-16-6-3-4-7-17(16)14-22/h5,8,11,16-17H,1,3-4,6-7,9-10,12-14H2,2H3,(H,20,21). The summed E-state index contributed by atoms with van der Waals surface area (Å²) in [5, 5.41) is 3.54. The molecule has 126 valence electrons. The van der Waals surface area contributed by atoms with E-state index in [2.05, 4.69) is 16.8 Å². The van der Waals surface area contributed by atoms with Crippen LogP contribution in [0.4, 0.5) is 0 Å². The maximum atomic E-state index is 5.41. The molecule has 4 heteroatoms. The number of nitrogens with zero attached hydrogens (tertiary/aromatic N) is 2. The number of likely N-dealkylation sites (tertiary alicyclic amines) is 1. The van der Waals surface area contributed by atoms with E-state index in [-0.39, 0.29) is 0 Å². The second-order valence-electron chi connectivity index (χ2n) is 7.06. The van der Waals surface area contributed by atoms with E-state index in [0.29, 0.717) is 6.54 Å². The Balaban J connectivity index is 1.58. The number of hydrogen-bond donors (Lipinski definition) is 1. The Morgan fingerprint density at radius 2 is 2.09 bits per heavy atom. The third-order valence-electron chi connectivity index (χ3n) is 5.01. The average molecular weight is 315 g/mol. The van der Waals surface area contributed by atoms with Crippen LogP contribution in [0.5, 0.6) is 0 Å². The van der Waals surface area contributed by atoms with Gasteiger partial charge in [0.2, 0.25) is 0 Å². The lowest BCUT2D eigenvalue weighted by molar-refractivity contribution is 0.299. The zero-order valence-corrected chi connectivity index (χ0v) is 14.3. The van der Waals surface area contributed by atoms with Gasteiger partial charge < -0.3 is 14.6 Å². The fourth-order valence-electron chi connectivity index (χ4n) is 3.81. The molecule has 0 aromatic carbocycles. The molecule has 0 radical (unpaired) electrons. The van der Waals surface area contributed by atoms with E-state index in [0.717, 1.165) is 55.2 Å². The molecule has 1 saturated carbocycles. The van der Waals surface area contributed by atoms with Crippen LogP contribution < -0.4 is 5.32 Å². The molecule has 0 bridgehead atoms. The topological polar surface area (TPSA) is 40.8 Å². The van der Waals surface area contributed by atoms with E-state index in [1.54, 1.807) is 6.26 Å². The maximum Gasteiger partial charge on any atom is 0.194 e. The smallest absolute Gasteiger partial charge is 0.194 e. The fourth-order valence-corrected chi connectivity index (χ4v) is 3.81. The summed E-state index contributed by atoms with van der Waals surface area (Å²) in [6.45, 7) is 9.89. The number of nitrogens with one attached hydrogen (secondary N) is 1. The zero-order valence-electron chi connectivity index (χ0n) is 14.3. The Labute approximate surface area is 139 Å². The Kier molecular flexibility index (Phi) is 5.42. The first-order valence-electron chi connectivity index (χ1n) is 8.92. The number of guanidine groups is 1. The summed E-state index contributed by atoms with van der Waals surface area (Å²) < 4.78 is 5.41. The highest BCUT2D eigenvalue weighted by molar-refractivity contribution is 5.80. The summed E-state index contributed by atoms with van der Waals surface area (Å²) in [5.74, 6) is 3.80. The zero-order chi connectivity index (χ0) is 16.1. The normalized spacial score (nSPS) is 24.6. The molecule has 2 heterocycles. The van der Waals surface area contributed by atoms with Crippen LogP contribution in [0.3, 0.4) is 0 Å². The molecule has 4 nitrogen and oxygen atoms in total. The molecule has 2 fully saturated rings. The fraction of sp³-hybridized carbons (Fsp3) is 0.632. The van der Waals surface area contributed by atoms with E-state index in [1.807, 2.05) is 19.1 Å². The third-order valence-corrected chi connectivity index (χ3v) is 5.01. The molecule has 2 atom stereocenters. The molecule has 3 rings (SSSR count). The monoisotopic (exact) mass is 315 g/mol. The molecule has 1 aliphatic heterocycles. The summed E-state index contributed by atoms with van der Waals surface area (Å²) >= 11 is 0. The van der Waals surface area contributed by atoms with Crippen molar-refractivity contribution in [3.63, 3.8) is 0 Å². The van der Waals surface area contributed by atoms with Crippen molar-refractivity contribution in [3.8, 4) is 0 Å². The molecule has 1 N–H and O–H groups in total. The van der Waals surface area contributed by atoms with Crippen LogP contribution in [0.15, 0.2) is 40.0 Å². The van der Waals surface area contributed by atoms with Gasteiger partial charge in [0, 0.05) is 26.1 Å². The van der Waals surface area contributed by atoms with E-state index >= 15 is 0 Å².